The number of nitrogens with one attached hydrogen (secondary N) is 1. The molecule has 1 aliphatic rings. The third-order valence-electron chi connectivity index (χ3n) is 3.06. The second-order valence-electron chi connectivity index (χ2n) is 4.53. The lowest BCUT2D eigenvalue weighted by Crippen LogP contribution is -2.44. The van der Waals surface area contributed by atoms with Gasteiger partial charge in [0.1, 0.15) is 0 Å². The molecule has 1 heterocycles. The van der Waals surface area contributed by atoms with Crippen molar-refractivity contribution in [3.05, 3.63) is 0 Å². The molecule has 0 saturated carbocycles. The number of carbonyl (C=O) groups is 1. The lowest BCUT2D eigenvalue weighted by molar-refractivity contribution is -0.122. The monoisotopic (exact) mass is 213 g/mol. The maximum Gasteiger partial charge on any atom is 0.236 e. The summed E-state index contributed by atoms with van der Waals surface area (Å²) in [5.41, 5.74) is 5.64. The van der Waals surface area contributed by atoms with Gasteiger partial charge in [-0.15, -0.1) is 0 Å². The predicted octanol–water partition coefficient (Wildman–Crippen LogP) is 0.182. The average molecular weight is 213 g/mol. The topological polar surface area (TPSA) is 58.4 Å². The summed E-state index contributed by atoms with van der Waals surface area (Å²) in [4.78, 5) is 13.8. The first kappa shape index (κ1) is 12.5. The van der Waals surface area contributed by atoms with Crippen LogP contribution in [0.25, 0.3) is 0 Å². The Balaban J connectivity index is 2.21. The van der Waals surface area contributed by atoms with Crippen LogP contribution in [0.15, 0.2) is 0 Å². The van der Waals surface area contributed by atoms with Crippen LogP contribution in [0.2, 0.25) is 0 Å². The van der Waals surface area contributed by atoms with Gasteiger partial charge in [-0.05, 0) is 38.8 Å². The molecule has 1 aliphatic heterocycles. The summed E-state index contributed by atoms with van der Waals surface area (Å²) in [6.07, 6.45) is 3.15. The Kier molecular flexibility index (Phi) is 5.05. The lowest BCUT2D eigenvalue weighted by Gasteiger charge is -2.29. The summed E-state index contributed by atoms with van der Waals surface area (Å²) in [5, 5.41) is 2.93. The Morgan fingerprint density at radius 3 is 3.00 bits per heavy atom. The molecule has 0 aromatic carbocycles. The van der Waals surface area contributed by atoms with Crippen molar-refractivity contribution in [1.82, 2.24) is 10.2 Å². The number of nitrogens with zero attached hydrogens (tertiary/aromatic N) is 1. The molecule has 0 aromatic rings. The molecule has 2 unspecified atom stereocenters. The fourth-order valence-electron chi connectivity index (χ4n) is 2.00. The number of amides is 1. The number of hydrogen-bond acceptors (Lipinski definition) is 3. The molecule has 4 heteroatoms. The summed E-state index contributed by atoms with van der Waals surface area (Å²) in [6, 6.07) is -0.341. The second-order valence-corrected chi connectivity index (χ2v) is 4.53. The van der Waals surface area contributed by atoms with E-state index in [1.807, 2.05) is 6.92 Å². The lowest BCUT2D eigenvalue weighted by atomic mass is 9.98. The molecule has 1 amide bonds. The first-order valence-corrected chi connectivity index (χ1v) is 5.85. The summed E-state index contributed by atoms with van der Waals surface area (Å²) in [7, 11) is 2.13. The Labute approximate surface area is 92.2 Å². The van der Waals surface area contributed by atoms with Crippen molar-refractivity contribution >= 4 is 5.91 Å². The molecule has 0 bridgehead atoms. The van der Waals surface area contributed by atoms with Crippen LogP contribution in [-0.2, 0) is 4.79 Å². The summed E-state index contributed by atoms with van der Waals surface area (Å²) in [5.74, 6) is 0.586. The molecule has 0 aromatic heterocycles. The maximum atomic E-state index is 11.4. The number of piperidine rings is 1. The van der Waals surface area contributed by atoms with Gasteiger partial charge in [0.2, 0.25) is 5.91 Å². The normalized spacial score (nSPS) is 24.9. The van der Waals surface area contributed by atoms with Crippen LogP contribution in [0.1, 0.15) is 26.2 Å². The molecule has 1 rings (SSSR count). The highest BCUT2D eigenvalue weighted by molar-refractivity contribution is 5.81. The minimum absolute atomic E-state index is 0.00859. The standard InChI is InChI=1S/C11H23N3O/c1-3-10(12)11(15)13-7-9-5-4-6-14(2)8-9/h9-10H,3-8,12H2,1-2H3,(H,13,15). The molecule has 15 heavy (non-hydrogen) atoms. The highest BCUT2D eigenvalue weighted by Crippen LogP contribution is 2.13. The zero-order valence-corrected chi connectivity index (χ0v) is 9.83. The van der Waals surface area contributed by atoms with Crippen molar-refractivity contribution in [3.63, 3.8) is 0 Å². The van der Waals surface area contributed by atoms with E-state index in [4.69, 9.17) is 5.73 Å². The first-order chi connectivity index (χ1) is 7.13. The number of nitrogens with two attached hydrogens (primary N) is 1. The molecular formula is C11H23N3O. The van der Waals surface area contributed by atoms with E-state index in [9.17, 15) is 4.79 Å². The van der Waals surface area contributed by atoms with Crippen molar-refractivity contribution in [3.8, 4) is 0 Å². The van der Waals surface area contributed by atoms with Crippen molar-refractivity contribution in [2.24, 2.45) is 11.7 Å². The van der Waals surface area contributed by atoms with Gasteiger partial charge in [0, 0.05) is 13.1 Å². The Morgan fingerprint density at radius 1 is 1.67 bits per heavy atom. The summed E-state index contributed by atoms with van der Waals surface area (Å²) >= 11 is 0. The van der Waals surface area contributed by atoms with Gasteiger partial charge in [0.25, 0.3) is 0 Å². The van der Waals surface area contributed by atoms with E-state index in [0.29, 0.717) is 12.3 Å². The van der Waals surface area contributed by atoms with Gasteiger partial charge < -0.3 is 16.0 Å². The van der Waals surface area contributed by atoms with E-state index in [2.05, 4.69) is 17.3 Å². The second kappa shape index (κ2) is 6.08. The van der Waals surface area contributed by atoms with Crippen molar-refractivity contribution in [1.29, 1.82) is 0 Å². The molecule has 2 atom stereocenters. The van der Waals surface area contributed by atoms with Gasteiger partial charge in [-0.3, -0.25) is 4.79 Å². The van der Waals surface area contributed by atoms with Crippen LogP contribution in [0.5, 0.6) is 0 Å². The molecule has 0 radical (unpaired) electrons. The summed E-state index contributed by atoms with van der Waals surface area (Å²) < 4.78 is 0. The first-order valence-electron chi connectivity index (χ1n) is 5.85. The maximum absolute atomic E-state index is 11.4. The van der Waals surface area contributed by atoms with Gasteiger partial charge >= 0.3 is 0 Å². The molecule has 0 spiro atoms. The Bertz CT molecular complexity index is 208. The van der Waals surface area contributed by atoms with Crippen LogP contribution in [-0.4, -0.2) is 43.5 Å². The smallest absolute Gasteiger partial charge is 0.236 e. The SMILES string of the molecule is CCC(N)C(=O)NCC1CCCN(C)C1. The molecule has 0 aliphatic carbocycles. The van der Waals surface area contributed by atoms with Crippen LogP contribution in [0, 0.1) is 5.92 Å². The van der Waals surface area contributed by atoms with Crippen LogP contribution in [0.3, 0.4) is 0 Å². The van der Waals surface area contributed by atoms with E-state index >= 15 is 0 Å². The molecule has 1 fully saturated rings. The van der Waals surface area contributed by atoms with Gasteiger partial charge in [-0.2, -0.15) is 0 Å². The van der Waals surface area contributed by atoms with E-state index in [1.54, 1.807) is 0 Å². The van der Waals surface area contributed by atoms with Crippen molar-refractivity contribution in [2.75, 3.05) is 26.7 Å². The molecule has 1 saturated heterocycles. The van der Waals surface area contributed by atoms with Crippen LogP contribution in [0.4, 0.5) is 0 Å². The van der Waals surface area contributed by atoms with E-state index < -0.39 is 0 Å². The third kappa shape index (κ3) is 4.18. The number of hydrogen-bond donors (Lipinski definition) is 2. The van der Waals surface area contributed by atoms with Crippen molar-refractivity contribution in [2.45, 2.75) is 32.2 Å². The fraction of sp³-hybridized carbons (Fsp3) is 0.909. The van der Waals surface area contributed by atoms with Gasteiger partial charge in [-0.25, -0.2) is 0 Å². The third-order valence-corrected chi connectivity index (χ3v) is 3.06. The highest BCUT2D eigenvalue weighted by Gasteiger charge is 2.18. The number of carbonyl (C=O) groups excluding carboxylic acids is 1. The van der Waals surface area contributed by atoms with Gasteiger partial charge in [0.15, 0.2) is 0 Å². The average Bonchev–Trinajstić information content (AvgIpc) is 2.25. The van der Waals surface area contributed by atoms with Gasteiger partial charge in [-0.1, -0.05) is 6.92 Å². The van der Waals surface area contributed by atoms with Crippen LogP contribution < -0.4 is 11.1 Å². The molecular weight excluding hydrogens is 190 g/mol. The van der Waals surface area contributed by atoms with E-state index in [-0.39, 0.29) is 11.9 Å². The quantitative estimate of drug-likeness (QED) is 0.700. The van der Waals surface area contributed by atoms with E-state index in [1.165, 1.54) is 19.4 Å². The summed E-state index contributed by atoms with van der Waals surface area (Å²) in [6.45, 7) is 4.97. The Hall–Kier alpha value is -0.610. The molecule has 88 valence electrons. The largest absolute Gasteiger partial charge is 0.354 e. The van der Waals surface area contributed by atoms with Crippen molar-refractivity contribution < 1.29 is 4.79 Å². The van der Waals surface area contributed by atoms with Crippen LogP contribution >= 0.6 is 0 Å². The highest BCUT2D eigenvalue weighted by atomic mass is 16.2. The molecule has 3 N–H and O–H groups in total. The fourth-order valence-corrected chi connectivity index (χ4v) is 2.00. The predicted molar refractivity (Wildman–Crippen MR) is 61.5 cm³/mol. The zero-order chi connectivity index (χ0) is 11.3. The zero-order valence-electron chi connectivity index (χ0n) is 9.83. The molecule has 4 nitrogen and oxygen atoms in total. The van der Waals surface area contributed by atoms with Gasteiger partial charge in [0.05, 0.1) is 6.04 Å². The number of likely N-dealkylation sites (tertiary alicyclic amines) is 1. The number of rotatable bonds is 4. The minimum Gasteiger partial charge on any atom is -0.354 e. The van der Waals surface area contributed by atoms with E-state index in [0.717, 1.165) is 13.1 Å². The Morgan fingerprint density at radius 2 is 2.40 bits per heavy atom. The minimum atomic E-state index is -0.341.